The summed E-state index contributed by atoms with van der Waals surface area (Å²) in [6, 6.07) is 13.7. The highest BCUT2D eigenvalue weighted by Gasteiger charge is 2.37. The van der Waals surface area contributed by atoms with E-state index in [9.17, 15) is 18.8 Å². The second-order valence-electron chi connectivity index (χ2n) is 5.20. The highest BCUT2D eigenvalue weighted by atomic mass is 19.1. The standard InChI is InChI=1S/C19H13FN2O3/c20-15-11-4-5-12-16(15)22-18(24)14(17(23)21-19(22)25)10-6-9-13-7-2-1-3-8-13/h1-12H,(H,21,23,25)/b9-6+,14-10-. The van der Waals surface area contributed by atoms with E-state index < -0.39 is 23.7 Å². The Hall–Kier alpha value is -3.54. The summed E-state index contributed by atoms with van der Waals surface area (Å²) in [6.07, 6.45) is 4.53. The van der Waals surface area contributed by atoms with Crippen molar-refractivity contribution in [3.8, 4) is 0 Å². The lowest BCUT2D eigenvalue weighted by Crippen LogP contribution is -2.54. The number of allylic oxidation sites excluding steroid dienone is 2. The Bertz CT molecular complexity index is 904. The van der Waals surface area contributed by atoms with Gasteiger partial charge in [0, 0.05) is 0 Å². The molecule has 4 amide bonds. The minimum absolute atomic E-state index is 0.213. The number of halogens is 1. The monoisotopic (exact) mass is 336 g/mol. The van der Waals surface area contributed by atoms with Crippen LogP contribution in [-0.2, 0) is 9.59 Å². The predicted octanol–water partition coefficient (Wildman–Crippen LogP) is 3.05. The first-order valence-corrected chi connectivity index (χ1v) is 7.45. The van der Waals surface area contributed by atoms with Crippen LogP contribution in [0.1, 0.15) is 5.56 Å². The summed E-state index contributed by atoms with van der Waals surface area (Å²) < 4.78 is 13.9. The molecule has 3 rings (SSSR count). The van der Waals surface area contributed by atoms with Crippen LogP contribution in [-0.4, -0.2) is 17.8 Å². The molecule has 0 atom stereocenters. The first kappa shape index (κ1) is 16.3. The minimum Gasteiger partial charge on any atom is -0.273 e. The molecule has 0 bridgehead atoms. The van der Waals surface area contributed by atoms with E-state index in [2.05, 4.69) is 0 Å². The summed E-state index contributed by atoms with van der Waals surface area (Å²) in [5, 5.41) is 2.04. The van der Waals surface area contributed by atoms with Crippen LogP contribution in [0.3, 0.4) is 0 Å². The molecule has 124 valence electrons. The van der Waals surface area contributed by atoms with Crippen LogP contribution < -0.4 is 10.2 Å². The molecule has 0 aliphatic carbocycles. The third-order valence-electron chi connectivity index (χ3n) is 3.55. The van der Waals surface area contributed by atoms with Gasteiger partial charge in [-0.05, 0) is 23.8 Å². The van der Waals surface area contributed by atoms with Gasteiger partial charge in [0.15, 0.2) is 0 Å². The Morgan fingerprint density at radius 2 is 1.60 bits per heavy atom. The first-order valence-electron chi connectivity index (χ1n) is 7.45. The molecule has 0 unspecified atom stereocenters. The zero-order chi connectivity index (χ0) is 17.8. The van der Waals surface area contributed by atoms with E-state index in [-0.39, 0.29) is 11.3 Å². The zero-order valence-electron chi connectivity index (χ0n) is 13.0. The van der Waals surface area contributed by atoms with E-state index in [1.165, 1.54) is 30.4 Å². The molecule has 2 aromatic rings. The second kappa shape index (κ2) is 6.92. The molecule has 25 heavy (non-hydrogen) atoms. The van der Waals surface area contributed by atoms with Crippen molar-refractivity contribution < 1.29 is 18.8 Å². The fourth-order valence-electron chi connectivity index (χ4n) is 2.35. The van der Waals surface area contributed by atoms with Gasteiger partial charge in [-0.3, -0.25) is 14.9 Å². The molecule has 6 heteroatoms. The molecule has 0 aromatic heterocycles. The van der Waals surface area contributed by atoms with E-state index in [1.807, 2.05) is 35.6 Å². The van der Waals surface area contributed by atoms with Gasteiger partial charge >= 0.3 is 6.03 Å². The maximum Gasteiger partial charge on any atom is 0.336 e. The highest BCUT2D eigenvalue weighted by molar-refractivity contribution is 6.37. The Kier molecular flexibility index (Phi) is 4.52. The highest BCUT2D eigenvalue weighted by Crippen LogP contribution is 2.23. The molecule has 1 aliphatic heterocycles. The van der Waals surface area contributed by atoms with Crippen molar-refractivity contribution >= 4 is 29.6 Å². The molecule has 1 saturated heterocycles. The van der Waals surface area contributed by atoms with E-state index in [0.717, 1.165) is 11.6 Å². The number of amides is 4. The minimum atomic E-state index is -0.982. The summed E-state index contributed by atoms with van der Waals surface area (Å²) in [5.74, 6) is -2.43. The van der Waals surface area contributed by atoms with Crippen molar-refractivity contribution in [2.45, 2.75) is 0 Å². The fourth-order valence-corrected chi connectivity index (χ4v) is 2.35. The molecule has 2 aromatic carbocycles. The molecule has 0 saturated carbocycles. The van der Waals surface area contributed by atoms with Crippen LogP contribution in [0.15, 0.2) is 72.3 Å². The number of anilines is 1. The van der Waals surface area contributed by atoms with Gasteiger partial charge in [-0.25, -0.2) is 14.1 Å². The van der Waals surface area contributed by atoms with Gasteiger partial charge in [-0.1, -0.05) is 54.6 Å². The molecule has 0 spiro atoms. The smallest absolute Gasteiger partial charge is 0.273 e. The number of urea groups is 1. The van der Waals surface area contributed by atoms with Crippen LogP contribution in [0.2, 0.25) is 0 Å². The van der Waals surface area contributed by atoms with Gasteiger partial charge in [0.05, 0.1) is 5.69 Å². The third-order valence-corrected chi connectivity index (χ3v) is 3.55. The van der Waals surface area contributed by atoms with Crippen molar-refractivity contribution in [1.82, 2.24) is 5.32 Å². The normalized spacial score (nSPS) is 16.6. The molecule has 1 N–H and O–H groups in total. The summed E-state index contributed by atoms with van der Waals surface area (Å²) in [5.41, 5.74) is 0.413. The topological polar surface area (TPSA) is 66.5 Å². The number of carbonyl (C=O) groups is 3. The number of nitrogens with zero attached hydrogens (tertiary/aromatic N) is 1. The van der Waals surface area contributed by atoms with Crippen molar-refractivity contribution in [1.29, 1.82) is 0 Å². The van der Waals surface area contributed by atoms with Crippen LogP contribution >= 0.6 is 0 Å². The fraction of sp³-hybridized carbons (Fsp3) is 0. The van der Waals surface area contributed by atoms with Crippen LogP contribution in [0.4, 0.5) is 14.9 Å². The number of barbiturate groups is 1. The Balaban J connectivity index is 1.92. The second-order valence-corrected chi connectivity index (χ2v) is 5.20. The average Bonchev–Trinajstić information content (AvgIpc) is 2.60. The maximum atomic E-state index is 13.9. The molecule has 1 fully saturated rings. The summed E-state index contributed by atoms with van der Waals surface area (Å²) in [6.45, 7) is 0. The number of carbonyl (C=O) groups excluding carboxylic acids is 3. The molecule has 0 radical (unpaired) electrons. The summed E-state index contributed by atoms with van der Waals surface area (Å²) >= 11 is 0. The van der Waals surface area contributed by atoms with Crippen molar-refractivity contribution in [2.75, 3.05) is 4.90 Å². The van der Waals surface area contributed by atoms with Gasteiger partial charge in [-0.2, -0.15) is 0 Å². The zero-order valence-corrected chi connectivity index (χ0v) is 13.0. The van der Waals surface area contributed by atoms with E-state index >= 15 is 0 Å². The first-order chi connectivity index (χ1) is 12.1. The SMILES string of the molecule is O=C1NC(=O)N(c2ccccc2F)C(=O)/C1=C\C=C\c1ccccc1. The van der Waals surface area contributed by atoms with Crippen LogP contribution in [0.5, 0.6) is 0 Å². The quantitative estimate of drug-likeness (QED) is 0.692. The van der Waals surface area contributed by atoms with Gasteiger partial charge in [-0.15, -0.1) is 0 Å². The Morgan fingerprint density at radius 1 is 0.920 bits per heavy atom. The molecule has 1 aliphatic rings. The molecule has 5 nitrogen and oxygen atoms in total. The number of para-hydroxylation sites is 1. The Labute approximate surface area is 143 Å². The number of nitrogens with one attached hydrogen (secondary N) is 1. The van der Waals surface area contributed by atoms with Gasteiger partial charge < -0.3 is 0 Å². The third kappa shape index (κ3) is 3.37. The number of hydrogen-bond donors (Lipinski definition) is 1. The number of benzene rings is 2. The molecular formula is C19H13FN2O3. The lowest BCUT2D eigenvalue weighted by Gasteiger charge is -2.26. The number of imide groups is 2. The Morgan fingerprint density at radius 3 is 2.32 bits per heavy atom. The largest absolute Gasteiger partial charge is 0.336 e. The van der Waals surface area contributed by atoms with E-state index in [4.69, 9.17) is 0 Å². The van der Waals surface area contributed by atoms with Gasteiger partial charge in [0.25, 0.3) is 11.8 Å². The lowest BCUT2D eigenvalue weighted by atomic mass is 10.1. The summed E-state index contributed by atoms with van der Waals surface area (Å²) in [7, 11) is 0. The van der Waals surface area contributed by atoms with E-state index in [1.54, 1.807) is 6.08 Å². The van der Waals surface area contributed by atoms with Crippen LogP contribution in [0.25, 0.3) is 6.08 Å². The van der Waals surface area contributed by atoms with Crippen LogP contribution in [0, 0.1) is 5.82 Å². The van der Waals surface area contributed by atoms with Crippen molar-refractivity contribution in [3.63, 3.8) is 0 Å². The number of rotatable bonds is 3. The average molecular weight is 336 g/mol. The van der Waals surface area contributed by atoms with Crippen molar-refractivity contribution in [3.05, 3.63) is 83.7 Å². The van der Waals surface area contributed by atoms with E-state index in [0.29, 0.717) is 4.90 Å². The molecular weight excluding hydrogens is 323 g/mol. The number of hydrogen-bond acceptors (Lipinski definition) is 3. The lowest BCUT2D eigenvalue weighted by molar-refractivity contribution is -0.122. The molecule has 1 heterocycles. The van der Waals surface area contributed by atoms with Crippen molar-refractivity contribution in [2.24, 2.45) is 0 Å². The van der Waals surface area contributed by atoms with Gasteiger partial charge in [0.1, 0.15) is 11.4 Å². The maximum absolute atomic E-state index is 13.9. The van der Waals surface area contributed by atoms with Gasteiger partial charge in [0.2, 0.25) is 0 Å². The predicted molar refractivity (Wildman–Crippen MR) is 91.0 cm³/mol. The summed E-state index contributed by atoms with van der Waals surface area (Å²) in [4.78, 5) is 37.0.